The molecule has 0 fully saturated rings. The molecule has 1 N–H and O–H groups in total. The Hall–Kier alpha value is -1.47. The monoisotopic (exact) mass is 644 g/mol. The summed E-state index contributed by atoms with van der Waals surface area (Å²) in [5.74, 6) is -0.340. The Morgan fingerprint density at radius 3 is 2.60 bits per heavy atom. The Morgan fingerprint density at radius 1 is 1.26 bits per heavy atom. The smallest absolute Gasteiger partial charge is 0.406 e. The van der Waals surface area contributed by atoms with E-state index in [0.29, 0.717) is 40.3 Å². The number of thiophene rings is 1. The minimum atomic E-state index is -4.86. The first-order chi connectivity index (χ1) is 16.4. The maximum atomic E-state index is 13.5. The molecule has 2 unspecified atom stereocenters. The molecule has 13 heteroatoms. The SMILES string of the molecule is CC(C)CC(O)c1c(-c2cccc(OC(F)(F)F)c2)sc2c1c(=O)n(CCCOPI)c(=O)n2C. The zero-order valence-corrected chi connectivity index (χ0v) is 23.2. The predicted octanol–water partition coefficient (Wildman–Crippen LogP) is 5.76. The largest absolute Gasteiger partial charge is 0.573 e. The van der Waals surface area contributed by atoms with Gasteiger partial charge in [0.15, 0.2) is 0 Å². The number of aryl methyl sites for hydroxylation is 1. The maximum Gasteiger partial charge on any atom is 0.573 e. The molecular formula is C22H25F3IN2O5PS. The van der Waals surface area contributed by atoms with Gasteiger partial charge in [-0.3, -0.25) is 13.9 Å². The lowest BCUT2D eigenvalue weighted by molar-refractivity contribution is -0.274. The van der Waals surface area contributed by atoms with Crippen LogP contribution in [0.2, 0.25) is 0 Å². The molecule has 2 atom stereocenters. The van der Waals surface area contributed by atoms with Crippen molar-refractivity contribution in [2.45, 2.75) is 45.7 Å². The van der Waals surface area contributed by atoms with Gasteiger partial charge in [-0.15, -0.1) is 24.5 Å². The quantitative estimate of drug-likeness (QED) is 0.173. The van der Waals surface area contributed by atoms with Gasteiger partial charge >= 0.3 is 12.1 Å². The number of nitrogens with zero attached hydrogens (tertiary/aromatic N) is 2. The van der Waals surface area contributed by atoms with Gasteiger partial charge in [-0.1, -0.05) is 26.0 Å². The molecule has 2 aromatic heterocycles. The second-order valence-electron chi connectivity index (χ2n) is 8.32. The fourth-order valence-electron chi connectivity index (χ4n) is 3.83. The molecule has 1 aromatic carbocycles. The standard InChI is InChI=1S/C22H25F3IN2O5PS/c1-12(2)10-15(29)16-17-19(30)28(8-5-9-32-34-26)21(31)27(3)20(17)35-18(16)13-6-4-7-14(11-13)33-22(23,24)25/h4,6-7,11-12,15,29,34H,5,8-10H2,1-3H3. The van der Waals surface area contributed by atoms with E-state index in [1.807, 2.05) is 13.8 Å². The molecule has 2 heterocycles. The normalized spacial score (nSPS) is 13.4. The van der Waals surface area contributed by atoms with Crippen LogP contribution in [0.1, 0.15) is 38.4 Å². The summed E-state index contributed by atoms with van der Waals surface area (Å²) < 4.78 is 50.2. The van der Waals surface area contributed by atoms with Crippen LogP contribution in [-0.2, 0) is 18.1 Å². The summed E-state index contributed by atoms with van der Waals surface area (Å²) in [5, 5.41) is 11.3. The van der Waals surface area contributed by atoms with E-state index >= 15 is 0 Å². The van der Waals surface area contributed by atoms with Gasteiger partial charge in [0.05, 0.1) is 24.5 Å². The zero-order chi connectivity index (χ0) is 25.9. The van der Waals surface area contributed by atoms with Crippen LogP contribution in [0.5, 0.6) is 5.75 Å². The first kappa shape index (κ1) is 28.1. The topological polar surface area (TPSA) is 82.7 Å². The van der Waals surface area contributed by atoms with Crippen molar-refractivity contribution in [2.24, 2.45) is 13.0 Å². The van der Waals surface area contributed by atoms with Crippen molar-refractivity contribution >= 4 is 50.0 Å². The zero-order valence-electron chi connectivity index (χ0n) is 19.2. The number of aliphatic hydroxyl groups excluding tert-OH is 1. The van der Waals surface area contributed by atoms with Crippen LogP contribution in [0.4, 0.5) is 13.2 Å². The fourth-order valence-corrected chi connectivity index (χ4v) is 6.01. The lowest BCUT2D eigenvalue weighted by Crippen LogP contribution is -2.39. The van der Waals surface area contributed by atoms with Gasteiger partial charge in [0.1, 0.15) is 10.6 Å². The number of rotatable bonds is 10. The third-order valence-corrected chi connectivity index (χ3v) is 7.83. The van der Waals surface area contributed by atoms with Gasteiger partial charge < -0.3 is 14.4 Å². The van der Waals surface area contributed by atoms with Gasteiger partial charge in [-0.2, -0.15) is 0 Å². The van der Waals surface area contributed by atoms with E-state index in [4.69, 9.17) is 4.52 Å². The Balaban J connectivity index is 2.25. The highest BCUT2D eigenvalue weighted by Crippen LogP contribution is 2.42. The van der Waals surface area contributed by atoms with E-state index in [1.54, 1.807) is 6.07 Å². The van der Waals surface area contributed by atoms with Crippen molar-refractivity contribution in [1.29, 1.82) is 0 Å². The molecule has 7 nitrogen and oxygen atoms in total. The van der Waals surface area contributed by atoms with Crippen LogP contribution in [0, 0.1) is 5.92 Å². The third kappa shape index (κ3) is 6.65. The average molecular weight is 644 g/mol. The first-order valence-corrected chi connectivity index (χ1v) is 15.6. The highest BCUT2D eigenvalue weighted by molar-refractivity contribution is 14.2. The summed E-state index contributed by atoms with van der Waals surface area (Å²) in [6, 6.07) is 5.38. The lowest BCUT2D eigenvalue weighted by Gasteiger charge is -2.16. The molecule has 35 heavy (non-hydrogen) atoms. The third-order valence-electron chi connectivity index (χ3n) is 5.25. The van der Waals surface area contributed by atoms with Crippen LogP contribution >= 0.6 is 39.8 Å². The number of hydrogen-bond acceptors (Lipinski definition) is 6. The van der Waals surface area contributed by atoms with E-state index in [-0.39, 0.29) is 24.3 Å². The summed E-state index contributed by atoms with van der Waals surface area (Å²) in [6.45, 7) is 4.62. The fraction of sp³-hybridized carbons (Fsp3) is 0.455. The Morgan fingerprint density at radius 2 is 1.97 bits per heavy atom. The number of alkyl halides is 3. The van der Waals surface area contributed by atoms with Crippen molar-refractivity contribution in [2.75, 3.05) is 6.61 Å². The van der Waals surface area contributed by atoms with Crippen molar-refractivity contribution in [3.8, 4) is 16.2 Å². The van der Waals surface area contributed by atoms with E-state index in [0.717, 1.165) is 15.9 Å². The summed E-state index contributed by atoms with van der Waals surface area (Å²) in [5.41, 5.74) is -0.392. The molecule has 0 spiro atoms. The number of halogens is 4. The molecule has 0 aliphatic rings. The van der Waals surface area contributed by atoms with Crippen LogP contribution in [0.3, 0.4) is 0 Å². The Bertz CT molecular complexity index is 1310. The molecule has 0 aliphatic carbocycles. The predicted molar refractivity (Wildman–Crippen MR) is 141 cm³/mol. The molecule has 3 rings (SSSR count). The number of ether oxygens (including phenoxy) is 1. The summed E-state index contributed by atoms with van der Waals surface area (Å²) in [4.78, 5) is 27.2. The minimum absolute atomic E-state index is 0.0775. The van der Waals surface area contributed by atoms with Gasteiger partial charge in [-0.05, 0) is 58.5 Å². The number of aromatic nitrogens is 2. The summed E-state index contributed by atoms with van der Waals surface area (Å²) in [7, 11) is 1.53. The average Bonchev–Trinajstić information content (AvgIpc) is 3.17. The first-order valence-electron chi connectivity index (χ1n) is 10.7. The molecule has 0 saturated carbocycles. The molecule has 0 bridgehead atoms. The van der Waals surface area contributed by atoms with Crippen molar-refractivity contribution < 1.29 is 27.5 Å². The second kappa shape index (κ2) is 11.7. The van der Waals surface area contributed by atoms with E-state index in [2.05, 4.69) is 26.8 Å². The van der Waals surface area contributed by atoms with Crippen LogP contribution in [0.15, 0.2) is 33.9 Å². The highest BCUT2D eigenvalue weighted by atomic mass is 127. The van der Waals surface area contributed by atoms with Crippen molar-refractivity contribution in [1.82, 2.24) is 9.13 Å². The Kier molecular flexibility index (Phi) is 9.41. The van der Waals surface area contributed by atoms with Gasteiger partial charge in [-0.25, -0.2) is 4.79 Å². The molecule has 0 amide bonds. The lowest BCUT2D eigenvalue weighted by atomic mass is 9.96. The van der Waals surface area contributed by atoms with E-state index in [9.17, 15) is 27.9 Å². The second-order valence-corrected chi connectivity index (χ2v) is 11.1. The van der Waals surface area contributed by atoms with Crippen LogP contribution < -0.4 is 16.0 Å². The number of aliphatic hydroxyl groups is 1. The van der Waals surface area contributed by atoms with Crippen molar-refractivity contribution in [3.05, 3.63) is 50.7 Å². The summed E-state index contributed by atoms with van der Waals surface area (Å²) in [6.07, 6.45) is -5.15. The molecule has 3 aromatic rings. The van der Waals surface area contributed by atoms with Crippen LogP contribution in [-0.4, -0.2) is 27.2 Å². The molecule has 192 valence electrons. The van der Waals surface area contributed by atoms with Crippen molar-refractivity contribution in [3.63, 3.8) is 0 Å². The molecular weight excluding hydrogens is 619 g/mol. The minimum Gasteiger partial charge on any atom is -0.406 e. The highest BCUT2D eigenvalue weighted by Gasteiger charge is 2.32. The molecule has 0 aliphatic heterocycles. The number of benzene rings is 1. The molecule has 0 radical (unpaired) electrons. The number of hydrogen-bond donors (Lipinski definition) is 1. The maximum absolute atomic E-state index is 13.5. The van der Waals surface area contributed by atoms with Gasteiger partial charge in [0, 0.05) is 24.0 Å². The summed E-state index contributed by atoms with van der Waals surface area (Å²) >= 11 is 3.17. The van der Waals surface area contributed by atoms with Gasteiger partial charge in [0.25, 0.3) is 5.56 Å². The molecule has 0 saturated heterocycles. The Labute approximate surface area is 218 Å². The van der Waals surface area contributed by atoms with Gasteiger partial charge in [0.2, 0.25) is 0 Å². The number of fused-ring (bicyclic) bond motifs is 1. The van der Waals surface area contributed by atoms with E-state index in [1.165, 1.54) is 29.8 Å². The van der Waals surface area contributed by atoms with Crippen LogP contribution in [0.25, 0.3) is 20.7 Å². The van der Waals surface area contributed by atoms with E-state index < -0.39 is 29.5 Å².